The van der Waals surface area contributed by atoms with E-state index in [1.165, 1.54) is 5.56 Å². The average Bonchev–Trinajstić information content (AvgIpc) is 3.49. The molecule has 3 aromatic rings. The minimum absolute atomic E-state index is 0.0581. The van der Waals surface area contributed by atoms with E-state index in [1.807, 2.05) is 29.7 Å². The summed E-state index contributed by atoms with van der Waals surface area (Å²) in [5.41, 5.74) is 1.88. The molecule has 1 aliphatic rings. The highest BCUT2D eigenvalue weighted by Gasteiger charge is 2.32. The molecule has 0 bridgehead atoms. The first-order valence-corrected chi connectivity index (χ1v) is 11.1. The summed E-state index contributed by atoms with van der Waals surface area (Å²) in [5.74, 6) is 1.54. The Morgan fingerprint density at radius 1 is 1.21 bits per heavy atom. The fraction of sp³-hybridized carbons (Fsp3) is 0.286. The van der Waals surface area contributed by atoms with E-state index in [2.05, 4.69) is 27.6 Å². The van der Waals surface area contributed by atoms with Crippen LogP contribution in [0.5, 0.6) is 0 Å². The number of carbonyl (C=O) groups excluding carboxylic acids is 1. The number of aromatic nitrogens is 3. The molecule has 2 aromatic carbocycles. The SMILES string of the molecule is CC(NC(=O)C1CC1)c1nnc(SCc2ccccc2)n1-c1cc(Cl)ccc1Cl. The number of benzene rings is 2. The molecule has 8 heteroatoms. The largest absolute Gasteiger partial charge is 0.346 e. The van der Waals surface area contributed by atoms with E-state index >= 15 is 0 Å². The molecule has 1 N–H and O–H groups in total. The second-order valence-electron chi connectivity index (χ2n) is 7.05. The van der Waals surface area contributed by atoms with Crippen molar-refractivity contribution in [3.05, 3.63) is 70.0 Å². The number of thioether (sulfide) groups is 1. The number of nitrogens with one attached hydrogen (secondary N) is 1. The third-order valence-electron chi connectivity index (χ3n) is 4.71. The number of rotatable bonds is 7. The zero-order valence-electron chi connectivity index (χ0n) is 15.8. The van der Waals surface area contributed by atoms with Crippen LogP contribution in [0.4, 0.5) is 0 Å². The standard InChI is InChI=1S/C21H20Cl2N4OS/c1-13(24-20(28)15-7-8-15)19-25-26-21(29-12-14-5-3-2-4-6-14)27(19)18-11-16(22)9-10-17(18)23/h2-6,9-11,13,15H,7-8,12H2,1H3,(H,24,28). The predicted octanol–water partition coefficient (Wildman–Crippen LogP) is 5.45. The van der Waals surface area contributed by atoms with Gasteiger partial charge in [-0.2, -0.15) is 0 Å². The van der Waals surface area contributed by atoms with Gasteiger partial charge in [-0.25, -0.2) is 0 Å². The maximum atomic E-state index is 12.3. The molecule has 1 aliphatic carbocycles. The van der Waals surface area contributed by atoms with Crippen LogP contribution in [-0.2, 0) is 10.5 Å². The predicted molar refractivity (Wildman–Crippen MR) is 117 cm³/mol. The van der Waals surface area contributed by atoms with E-state index in [9.17, 15) is 4.79 Å². The van der Waals surface area contributed by atoms with Crippen LogP contribution in [-0.4, -0.2) is 20.7 Å². The molecule has 1 amide bonds. The van der Waals surface area contributed by atoms with Gasteiger partial charge in [0.15, 0.2) is 11.0 Å². The number of hydrogen-bond acceptors (Lipinski definition) is 4. The highest BCUT2D eigenvalue weighted by Crippen LogP contribution is 2.33. The third-order valence-corrected chi connectivity index (χ3v) is 6.27. The summed E-state index contributed by atoms with van der Waals surface area (Å²) in [5, 5.41) is 13.6. The van der Waals surface area contributed by atoms with Crippen molar-refractivity contribution in [1.29, 1.82) is 0 Å². The van der Waals surface area contributed by atoms with E-state index in [-0.39, 0.29) is 17.9 Å². The van der Waals surface area contributed by atoms with Crippen LogP contribution in [0, 0.1) is 5.92 Å². The molecule has 1 heterocycles. The van der Waals surface area contributed by atoms with Gasteiger partial charge in [0.1, 0.15) is 0 Å². The van der Waals surface area contributed by atoms with E-state index in [4.69, 9.17) is 23.2 Å². The van der Waals surface area contributed by atoms with Crippen LogP contribution < -0.4 is 5.32 Å². The number of nitrogens with zero attached hydrogens (tertiary/aromatic N) is 3. The fourth-order valence-corrected chi connectivity index (χ4v) is 4.28. The Balaban J connectivity index is 1.68. The molecule has 1 atom stereocenters. The minimum atomic E-state index is -0.309. The molecule has 4 rings (SSSR count). The summed E-state index contributed by atoms with van der Waals surface area (Å²) in [4.78, 5) is 12.3. The first kappa shape index (κ1) is 20.3. The Hall–Kier alpha value is -2.02. The van der Waals surface area contributed by atoms with Gasteiger partial charge in [0, 0.05) is 16.7 Å². The van der Waals surface area contributed by atoms with Crippen molar-refractivity contribution in [1.82, 2.24) is 20.1 Å². The van der Waals surface area contributed by atoms with Gasteiger partial charge in [-0.1, -0.05) is 65.3 Å². The van der Waals surface area contributed by atoms with Crippen molar-refractivity contribution in [2.75, 3.05) is 0 Å². The summed E-state index contributed by atoms with van der Waals surface area (Å²) in [7, 11) is 0. The fourth-order valence-electron chi connectivity index (χ4n) is 3.00. The first-order chi connectivity index (χ1) is 14.0. The topological polar surface area (TPSA) is 59.8 Å². The van der Waals surface area contributed by atoms with Gasteiger partial charge in [0.2, 0.25) is 5.91 Å². The second-order valence-corrected chi connectivity index (χ2v) is 8.84. The van der Waals surface area contributed by atoms with Crippen LogP contribution in [0.1, 0.15) is 37.2 Å². The number of halogens is 2. The molecule has 1 unspecified atom stereocenters. The molecule has 150 valence electrons. The number of amides is 1. The lowest BCUT2D eigenvalue weighted by molar-refractivity contribution is -0.123. The first-order valence-electron chi connectivity index (χ1n) is 9.41. The highest BCUT2D eigenvalue weighted by molar-refractivity contribution is 7.98. The lowest BCUT2D eigenvalue weighted by atomic mass is 10.2. The van der Waals surface area contributed by atoms with E-state index < -0.39 is 0 Å². The normalized spacial score (nSPS) is 14.6. The van der Waals surface area contributed by atoms with Crippen molar-refractivity contribution in [3.63, 3.8) is 0 Å². The molecule has 0 saturated heterocycles. The van der Waals surface area contributed by atoms with Gasteiger partial charge in [-0.05, 0) is 43.5 Å². The second kappa shape index (κ2) is 8.78. The van der Waals surface area contributed by atoms with E-state index in [1.54, 1.807) is 30.0 Å². The van der Waals surface area contributed by atoms with Gasteiger partial charge in [-0.3, -0.25) is 9.36 Å². The highest BCUT2D eigenvalue weighted by atomic mass is 35.5. The van der Waals surface area contributed by atoms with Crippen molar-refractivity contribution in [3.8, 4) is 5.69 Å². The average molecular weight is 447 g/mol. The molecular formula is C21H20Cl2N4OS. The Morgan fingerprint density at radius 2 is 1.97 bits per heavy atom. The zero-order chi connectivity index (χ0) is 20.4. The quantitative estimate of drug-likeness (QED) is 0.489. The van der Waals surface area contributed by atoms with Gasteiger partial charge in [0.25, 0.3) is 0 Å². The summed E-state index contributed by atoms with van der Waals surface area (Å²) >= 11 is 14.3. The zero-order valence-corrected chi connectivity index (χ0v) is 18.1. The monoisotopic (exact) mass is 446 g/mol. The summed E-state index contributed by atoms with van der Waals surface area (Å²) in [6.07, 6.45) is 1.90. The Kier molecular flexibility index (Phi) is 6.13. The van der Waals surface area contributed by atoms with Gasteiger partial charge in [-0.15, -0.1) is 10.2 Å². The number of hydrogen-bond donors (Lipinski definition) is 1. The molecule has 0 spiro atoms. The summed E-state index contributed by atoms with van der Waals surface area (Å²) < 4.78 is 1.89. The third kappa shape index (κ3) is 4.77. The molecular weight excluding hydrogens is 427 g/mol. The summed E-state index contributed by atoms with van der Waals surface area (Å²) in [6, 6.07) is 15.1. The Labute approximate surface area is 183 Å². The molecule has 1 saturated carbocycles. The molecule has 1 fully saturated rings. The smallest absolute Gasteiger partial charge is 0.223 e. The van der Waals surface area contributed by atoms with Crippen molar-refractivity contribution < 1.29 is 4.79 Å². The van der Waals surface area contributed by atoms with Gasteiger partial charge in [0.05, 0.1) is 16.8 Å². The maximum absolute atomic E-state index is 12.3. The van der Waals surface area contributed by atoms with Crippen LogP contribution in [0.15, 0.2) is 53.7 Å². The van der Waals surface area contributed by atoms with Crippen molar-refractivity contribution in [2.45, 2.75) is 36.7 Å². The molecule has 1 aromatic heterocycles. The molecule has 0 radical (unpaired) electrons. The van der Waals surface area contributed by atoms with Crippen molar-refractivity contribution >= 4 is 40.9 Å². The molecule has 29 heavy (non-hydrogen) atoms. The van der Waals surface area contributed by atoms with Gasteiger partial charge >= 0.3 is 0 Å². The van der Waals surface area contributed by atoms with E-state index in [0.717, 1.165) is 18.6 Å². The van der Waals surface area contributed by atoms with Crippen LogP contribution in [0.25, 0.3) is 5.69 Å². The molecule has 0 aliphatic heterocycles. The molecule has 5 nitrogen and oxygen atoms in total. The van der Waals surface area contributed by atoms with Crippen LogP contribution in [0.2, 0.25) is 10.0 Å². The van der Waals surface area contributed by atoms with Gasteiger partial charge < -0.3 is 5.32 Å². The van der Waals surface area contributed by atoms with Crippen LogP contribution >= 0.6 is 35.0 Å². The minimum Gasteiger partial charge on any atom is -0.346 e. The lowest BCUT2D eigenvalue weighted by Crippen LogP contribution is -2.29. The number of carbonyl (C=O) groups is 1. The van der Waals surface area contributed by atoms with E-state index in [0.29, 0.717) is 26.7 Å². The van der Waals surface area contributed by atoms with Crippen LogP contribution in [0.3, 0.4) is 0 Å². The summed E-state index contributed by atoms with van der Waals surface area (Å²) in [6.45, 7) is 1.91. The van der Waals surface area contributed by atoms with Crippen molar-refractivity contribution in [2.24, 2.45) is 5.92 Å². The Bertz CT molecular complexity index is 1020. The maximum Gasteiger partial charge on any atom is 0.223 e. The Morgan fingerprint density at radius 3 is 2.69 bits per heavy atom. The lowest BCUT2D eigenvalue weighted by Gasteiger charge is -2.17.